The van der Waals surface area contributed by atoms with Crippen molar-refractivity contribution in [1.29, 1.82) is 0 Å². The third-order valence-corrected chi connectivity index (χ3v) is 2.12. The van der Waals surface area contributed by atoms with Crippen LogP contribution in [-0.2, 0) is 4.74 Å². The third kappa shape index (κ3) is 2.03. The minimum Gasteiger partial charge on any atom is -0.462 e. The summed E-state index contributed by atoms with van der Waals surface area (Å²) in [5.41, 5.74) is 1.13. The molecule has 0 saturated carbocycles. The maximum absolute atomic E-state index is 11.7. The Kier molecular flexibility index (Phi) is 2.85. The van der Waals surface area contributed by atoms with Gasteiger partial charge in [-0.1, -0.05) is 13.8 Å². The van der Waals surface area contributed by atoms with E-state index < -0.39 is 0 Å². The van der Waals surface area contributed by atoms with Gasteiger partial charge in [-0.15, -0.1) is 0 Å². The zero-order valence-corrected chi connectivity index (χ0v) is 9.23. The zero-order valence-electron chi connectivity index (χ0n) is 9.23. The number of aromatic amines is 1. The van der Waals surface area contributed by atoms with Gasteiger partial charge in [0.2, 0.25) is 0 Å². The topological polar surface area (TPSA) is 67.9 Å². The summed E-state index contributed by atoms with van der Waals surface area (Å²) in [5, 5.41) is 0.691. The highest BCUT2D eigenvalue weighted by molar-refractivity contribution is 6.02. The molecule has 1 N–H and O–H groups in total. The standard InChI is InChI=1S/C11H13N3O2/c1-7(2)5-16-11(15)9-4-13-10-8(9)3-12-6-14-10/h3-4,6-7H,5H2,1-2H3,(H,12,13,14). The molecule has 0 amide bonds. The second kappa shape index (κ2) is 4.30. The number of ether oxygens (including phenoxy) is 1. The monoisotopic (exact) mass is 219 g/mol. The quantitative estimate of drug-likeness (QED) is 0.799. The van der Waals surface area contributed by atoms with Crippen LogP contribution in [0.3, 0.4) is 0 Å². The molecule has 5 heteroatoms. The summed E-state index contributed by atoms with van der Waals surface area (Å²) in [5.74, 6) is -0.0137. The summed E-state index contributed by atoms with van der Waals surface area (Å²) < 4.78 is 5.14. The number of carbonyl (C=O) groups excluding carboxylic acids is 1. The molecule has 2 aromatic rings. The van der Waals surface area contributed by atoms with Crippen molar-refractivity contribution >= 4 is 17.0 Å². The number of hydrogen-bond acceptors (Lipinski definition) is 4. The van der Waals surface area contributed by atoms with Gasteiger partial charge in [0.05, 0.1) is 17.6 Å². The third-order valence-electron chi connectivity index (χ3n) is 2.12. The fourth-order valence-corrected chi connectivity index (χ4v) is 1.35. The van der Waals surface area contributed by atoms with E-state index in [0.29, 0.717) is 29.1 Å². The fraction of sp³-hybridized carbons (Fsp3) is 0.364. The van der Waals surface area contributed by atoms with Crippen molar-refractivity contribution < 1.29 is 9.53 Å². The average molecular weight is 219 g/mol. The highest BCUT2D eigenvalue weighted by Gasteiger charge is 2.14. The number of fused-ring (bicyclic) bond motifs is 1. The lowest BCUT2D eigenvalue weighted by molar-refractivity contribution is 0.0461. The lowest BCUT2D eigenvalue weighted by atomic mass is 10.2. The smallest absolute Gasteiger partial charge is 0.340 e. The van der Waals surface area contributed by atoms with Crippen molar-refractivity contribution in [3.05, 3.63) is 24.3 Å². The molecule has 0 atom stereocenters. The summed E-state index contributed by atoms with van der Waals surface area (Å²) >= 11 is 0. The largest absolute Gasteiger partial charge is 0.462 e. The molecule has 0 spiro atoms. The number of rotatable bonds is 3. The van der Waals surface area contributed by atoms with E-state index in [1.807, 2.05) is 13.8 Å². The molecule has 0 aromatic carbocycles. The van der Waals surface area contributed by atoms with Gasteiger partial charge in [0.15, 0.2) is 0 Å². The van der Waals surface area contributed by atoms with E-state index in [4.69, 9.17) is 4.74 Å². The molecule has 0 unspecified atom stereocenters. The molecule has 0 aliphatic heterocycles. The Bertz CT molecular complexity index is 505. The number of aromatic nitrogens is 3. The summed E-state index contributed by atoms with van der Waals surface area (Å²) in [7, 11) is 0. The second-order valence-electron chi connectivity index (χ2n) is 3.98. The van der Waals surface area contributed by atoms with Gasteiger partial charge in [-0.3, -0.25) is 0 Å². The van der Waals surface area contributed by atoms with Gasteiger partial charge in [-0.2, -0.15) is 0 Å². The summed E-state index contributed by atoms with van der Waals surface area (Å²) in [4.78, 5) is 22.5. The zero-order chi connectivity index (χ0) is 11.5. The average Bonchev–Trinajstić information content (AvgIpc) is 2.69. The number of esters is 1. The number of carbonyl (C=O) groups is 1. The molecule has 5 nitrogen and oxygen atoms in total. The molecule has 16 heavy (non-hydrogen) atoms. The number of nitrogens with zero attached hydrogens (tertiary/aromatic N) is 2. The minimum atomic E-state index is -0.338. The van der Waals surface area contributed by atoms with E-state index in [0.717, 1.165) is 0 Å². The summed E-state index contributed by atoms with van der Waals surface area (Å²) in [6, 6.07) is 0. The lowest BCUT2D eigenvalue weighted by Crippen LogP contribution is -2.09. The van der Waals surface area contributed by atoms with Crippen LogP contribution in [0.15, 0.2) is 18.7 Å². The second-order valence-corrected chi connectivity index (χ2v) is 3.98. The first-order chi connectivity index (χ1) is 7.68. The SMILES string of the molecule is CC(C)COC(=O)c1c[nH]c2ncncc12. The molecule has 0 saturated heterocycles. The van der Waals surface area contributed by atoms with E-state index in [-0.39, 0.29) is 5.97 Å². The Balaban J connectivity index is 2.23. The van der Waals surface area contributed by atoms with Crippen molar-refractivity contribution in [3.8, 4) is 0 Å². The Morgan fingerprint density at radius 1 is 1.56 bits per heavy atom. The predicted molar refractivity (Wildman–Crippen MR) is 59.0 cm³/mol. The van der Waals surface area contributed by atoms with Crippen molar-refractivity contribution in [2.45, 2.75) is 13.8 Å². The van der Waals surface area contributed by atoms with Gasteiger partial charge < -0.3 is 9.72 Å². The summed E-state index contributed by atoms with van der Waals surface area (Å²) in [6.45, 7) is 4.40. The Morgan fingerprint density at radius 3 is 3.12 bits per heavy atom. The van der Waals surface area contributed by atoms with E-state index in [1.54, 1.807) is 12.4 Å². The van der Waals surface area contributed by atoms with Crippen LogP contribution in [0.4, 0.5) is 0 Å². The van der Waals surface area contributed by atoms with Crippen LogP contribution in [0.25, 0.3) is 11.0 Å². The lowest BCUT2D eigenvalue weighted by Gasteiger charge is -2.05. The van der Waals surface area contributed by atoms with Crippen LogP contribution in [-0.4, -0.2) is 27.5 Å². The van der Waals surface area contributed by atoms with E-state index in [2.05, 4.69) is 15.0 Å². The molecule has 0 aliphatic rings. The molecule has 0 bridgehead atoms. The van der Waals surface area contributed by atoms with Crippen molar-refractivity contribution in [3.63, 3.8) is 0 Å². The Labute approximate surface area is 92.9 Å². The maximum Gasteiger partial charge on any atom is 0.340 e. The highest BCUT2D eigenvalue weighted by Crippen LogP contribution is 2.15. The van der Waals surface area contributed by atoms with Crippen molar-refractivity contribution in [1.82, 2.24) is 15.0 Å². The molecule has 0 aliphatic carbocycles. The van der Waals surface area contributed by atoms with Gasteiger partial charge in [-0.25, -0.2) is 14.8 Å². The van der Waals surface area contributed by atoms with Crippen LogP contribution in [0.5, 0.6) is 0 Å². The number of hydrogen-bond donors (Lipinski definition) is 1. The van der Waals surface area contributed by atoms with E-state index in [9.17, 15) is 4.79 Å². The number of H-pyrrole nitrogens is 1. The van der Waals surface area contributed by atoms with Crippen LogP contribution >= 0.6 is 0 Å². The molecule has 0 radical (unpaired) electrons. The first-order valence-corrected chi connectivity index (χ1v) is 5.12. The van der Waals surface area contributed by atoms with Gasteiger partial charge >= 0.3 is 5.97 Å². The molecule has 2 aromatic heterocycles. The van der Waals surface area contributed by atoms with Gasteiger partial charge in [0.25, 0.3) is 0 Å². The predicted octanol–water partition coefficient (Wildman–Crippen LogP) is 1.77. The van der Waals surface area contributed by atoms with Gasteiger partial charge in [-0.05, 0) is 5.92 Å². The fourth-order valence-electron chi connectivity index (χ4n) is 1.35. The van der Waals surface area contributed by atoms with Crippen LogP contribution in [0, 0.1) is 5.92 Å². The van der Waals surface area contributed by atoms with Gasteiger partial charge in [0, 0.05) is 12.4 Å². The molecule has 2 rings (SSSR count). The van der Waals surface area contributed by atoms with Crippen molar-refractivity contribution in [2.24, 2.45) is 5.92 Å². The van der Waals surface area contributed by atoms with E-state index in [1.165, 1.54) is 6.33 Å². The Morgan fingerprint density at radius 2 is 2.38 bits per heavy atom. The van der Waals surface area contributed by atoms with Crippen LogP contribution in [0.1, 0.15) is 24.2 Å². The highest BCUT2D eigenvalue weighted by atomic mass is 16.5. The minimum absolute atomic E-state index is 0.324. The normalized spacial score (nSPS) is 10.9. The van der Waals surface area contributed by atoms with Crippen molar-refractivity contribution in [2.75, 3.05) is 6.61 Å². The molecular formula is C11H13N3O2. The summed E-state index contributed by atoms with van der Waals surface area (Å²) in [6.07, 6.45) is 4.63. The molecule has 0 fully saturated rings. The van der Waals surface area contributed by atoms with Crippen LogP contribution < -0.4 is 0 Å². The molecular weight excluding hydrogens is 206 g/mol. The molecule has 84 valence electrons. The Hall–Kier alpha value is -1.91. The van der Waals surface area contributed by atoms with Crippen LogP contribution in [0.2, 0.25) is 0 Å². The first kappa shape index (κ1) is 10.6. The first-order valence-electron chi connectivity index (χ1n) is 5.12. The number of nitrogens with one attached hydrogen (secondary N) is 1. The van der Waals surface area contributed by atoms with E-state index >= 15 is 0 Å². The van der Waals surface area contributed by atoms with Gasteiger partial charge in [0.1, 0.15) is 12.0 Å². The maximum atomic E-state index is 11.7. The molecule has 2 heterocycles.